The van der Waals surface area contributed by atoms with Crippen LogP contribution in [0.4, 0.5) is 4.39 Å². The molecule has 5 nitrogen and oxygen atoms in total. The van der Waals surface area contributed by atoms with Crippen molar-refractivity contribution in [1.29, 1.82) is 0 Å². The lowest BCUT2D eigenvalue weighted by Crippen LogP contribution is -2.60. The molecule has 2 atom stereocenters. The van der Waals surface area contributed by atoms with E-state index >= 15 is 0 Å². The Morgan fingerprint density at radius 1 is 0.971 bits per heavy atom. The van der Waals surface area contributed by atoms with Crippen LogP contribution in [-0.4, -0.2) is 54.1 Å². The fourth-order valence-electron chi connectivity index (χ4n) is 4.28. The Morgan fingerprint density at radius 3 is 2.40 bits per heavy atom. The predicted octanol–water partition coefficient (Wildman–Crippen LogP) is 5.18. The fraction of sp³-hybridized carbons (Fsp3) is 0.321. The average Bonchev–Trinajstić information content (AvgIpc) is 2.87. The predicted molar refractivity (Wildman–Crippen MR) is 135 cm³/mol. The summed E-state index contributed by atoms with van der Waals surface area (Å²) in [5.41, 5.74) is 2.13. The summed E-state index contributed by atoms with van der Waals surface area (Å²) in [7, 11) is 0. The fourth-order valence-corrected chi connectivity index (χ4v) is 4.41. The second kappa shape index (κ2) is 12.2. The molecule has 3 aromatic rings. The minimum absolute atomic E-state index is 0.000512. The number of carbonyl (C=O) groups is 1. The summed E-state index contributed by atoms with van der Waals surface area (Å²) in [6.07, 6.45) is 0. The van der Waals surface area contributed by atoms with E-state index in [-0.39, 0.29) is 30.4 Å². The van der Waals surface area contributed by atoms with Crippen molar-refractivity contribution in [2.45, 2.75) is 32.2 Å². The van der Waals surface area contributed by atoms with Gasteiger partial charge in [-0.3, -0.25) is 9.69 Å². The molecule has 0 bridgehead atoms. The zero-order valence-electron chi connectivity index (χ0n) is 19.8. The summed E-state index contributed by atoms with van der Waals surface area (Å²) in [4.78, 5) is 17.2. The lowest BCUT2D eigenvalue weighted by atomic mass is 10.1. The van der Waals surface area contributed by atoms with Gasteiger partial charge in [-0.15, -0.1) is 0 Å². The monoisotopic (exact) mass is 496 g/mol. The van der Waals surface area contributed by atoms with E-state index in [2.05, 4.69) is 4.90 Å². The van der Waals surface area contributed by atoms with Crippen LogP contribution in [-0.2, 0) is 22.7 Å². The lowest BCUT2D eigenvalue weighted by molar-refractivity contribution is -0.141. The van der Waals surface area contributed by atoms with Crippen LogP contribution in [0.25, 0.3) is 0 Å². The molecule has 0 aliphatic carbocycles. The molecule has 1 fully saturated rings. The normalized spacial score (nSPS) is 18.4. The summed E-state index contributed by atoms with van der Waals surface area (Å²) in [6.45, 7) is 4.85. The third-order valence-electron chi connectivity index (χ3n) is 6.17. The van der Waals surface area contributed by atoms with Gasteiger partial charge in [-0.25, -0.2) is 4.39 Å². The number of carbonyl (C=O) groups excluding carboxylic acids is 1. The molecule has 0 radical (unpaired) electrons. The molecular formula is C28H30ClFN2O3. The van der Waals surface area contributed by atoms with E-state index < -0.39 is 0 Å². The molecule has 1 aliphatic heterocycles. The highest BCUT2D eigenvalue weighted by atomic mass is 35.5. The first-order valence-electron chi connectivity index (χ1n) is 11.8. The first-order valence-corrected chi connectivity index (χ1v) is 12.1. The molecule has 184 valence electrons. The molecule has 0 N–H and O–H groups in total. The van der Waals surface area contributed by atoms with E-state index in [1.807, 2.05) is 42.2 Å². The Morgan fingerprint density at radius 2 is 1.69 bits per heavy atom. The third kappa shape index (κ3) is 7.28. The molecule has 1 aliphatic rings. The lowest BCUT2D eigenvalue weighted by Gasteiger charge is -2.45. The minimum atomic E-state index is -0.249. The van der Waals surface area contributed by atoms with Crippen LogP contribution in [0.5, 0.6) is 5.75 Å². The Hall–Kier alpha value is -2.93. The highest BCUT2D eigenvalue weighted by Gasteiger charge is 2.34. The number of rotatable bonds is 9. The Kier molecular flexibility index (Phi) is 8.74. The number of hydrogen-bond acceptors (Lipinski definition) is 4. The van der Waals surface area contributed by atoms with Gasteiger partial charge in [0.05, 0.1) is 19.3 Å². The van der Waals surface area contributed by atoms with Gasteiger partial charge in [-0.2, -0.15) is 0 Å². The molecule has 4 rings (SSSR count). The highest BCUT2D eigenvalue weighted by molar-refractivity contribution is 6.30. The minimum Gasteiger partial charge on any atom is -0.484 e. The van der Waals surface area contributed by atoms with Crippen LogP contribution < -0.4 is 4.74 Å². The second-order valence-corrected chi connectivity index (χ2v) is 9.28. The van der Waals surface area contributed by atoms with Crippen LogP contribution in [0.15, 0.2) is 78.9 Å². The number of benzene rings is 3. The third-order valence-corrected chi connectivity index (χ3v) is 6.42. The molecule has 1 saturated heterocycles. The van der Waals surface area contributed by atoms with E-state index in [1.54, 1.807) is 36.4 Å². The topological polar surface area (TPSA) is 42.0 Å². The largest absolute Gasteiger partial charge is 0.484 e. The zero-order valence-corrected chi connectivity index (χ0v) is 20.5. The van der Waals surface area contributed by atoms with Crippen molar-refractivity contribution in [3.05, 3.63) is 101 Å². The number of halogens is 2. The van der Waals surface area contributed by atoms with Gasteiger partial charge in [-0.1, -0.05) is 54.1 Å². The number of amides is 1. The summed E-state index contributed by atoms with van der Waals surface area (Å²) in [5.74, 6) is 0.288. The summed E-state index contributed by atoms with van der Waals surface area (Å²) >= 11 is 5.93. The maximum absolute atomic E-state index is 13.4. The number of piperazine rings is 1. The van der Waals surface area contributed by atoms with E-state index in [4.69, 9.17) is 21.1 Å². The van der Waals surface area contributed by atoms with Crippen molar-refractivity contribution in [3.8, 4) is 5.75 Å². The molecule has 0 spiro atoms. The zero-order chi connectivity index (χ0) is 24.6. The van der Waals surface area contributed by atoms with Gasteiger partial charge < -0.3 is 14.4 Å². The van der Waals surface area contributed by atoms with Crippen molar-refractivity contribution in [2.75, 3.05) is 26.3 Å². The first kappa shape index (κ1) is 25.2. The van der Waals surface area contributed by atoms with Crippen molar-refractivity contribution in [3.63, 3.8) is 0 Å². The molecule has 7 heteroatoms. The second-order valence-electron chi connectivity index (χ2n) is 8.85. The van der Waals surface area contributed by atoms with Crippen LogP contribution in [0.3, 0.4) is 0 Å². The molecular weight excluding hydrogens is 467 g/mol. The molecule has 0 aromatic heterocycles. The molecule has 35 heavy (non-hydrogen) atoms. The average molecular weight is 497 g/mol. The summed E-state index contributed by atoms with van der Waals surface area (Å²) in [6, 6.07) is 23.6. The van der Waals surface area contributed by atoms with E-state index in [0.29, 0.717) is 43.6 Å². The standard InChI is InChI=1S/C28H30ClFN2O3/c1-21-15-31(16-22-7-11-25(30)12-8-22)26(19-34-18-23-5-3-2-4-6-23)17-32(21)28(33)20-35-27-13-9-24(29)10-14-27/h2-14,21,26H,15-20H2,1H3/t21-,26-/m0/s1. The van der Waals surface area contributed by atoms with Crippen LogP contribution in [0, 0.1) is 5.82 Å². The Balaban J connectivity index is 1.40. The highest BCUT2D eigenvalue weighted by Crippen LogP contribution is 2.21. The number of nitrogens with zero attached hydrogens (tertiary/aromatic N) is 2. The quantitative estimate of drug-likeness (QED) is 0.409. The summed E-state index contributed by atoms with van der Waals surface area (Å²) in [5, 5.41) is 0.618. The molecule has 1 heterocycles. The molecule has 3 aromatic carbocycles. The number of hydrogen-bond donors (Lipinski definition) is 0. The van der Waals surface area contributed by atoms with Gasteiger partial charge in [-0.05, 0) is 54.4 Å². The number of ether oxygens (including phenoxy) is 2. The van der Waals surface area contributed by atoms with Gasteiger partial charge in [0.1, 0.15) is 11.6 Å². The van der Waals surface area contributed by atoms with E-state index in [9.17, 15) is 9.18 Å². The molecule has 1 amide bonds. The Labute approximate surface area is 211 Å². The van der Waals surface area contributed by atoms with Crippen LogP contribution in [0.2, 0.25) is 5.02 Å². The van der Waals surface area contributed by atoms with Crippen molar-refractivity contribution >= 4 is 17.5 Å². The summed E-state index contributed by atoms with van der Waals surface area (Å²) < 4.78 is 25.2. The Bertz CT molecular complexity index is 1080. The van der Waals surface area contributed by atoms with Crippen LogP contribution in [0.1, 0.15) is 18.1 Å². The van der Waals surface area contributed by atoms with E-state index in [0.717, 1.165) is 11.1 Å². The van der Waals surface area contributed by atoms with Gasteiger partial charge >= 0.3 is 0 Å². The first-order chi connectivity index (χ1) is 17.0. The van der Waals surface area contributed by atoms with Gasteiger partial charge in [0, 0.05) is 30.7 Å². The van der Waals surface area contributed by atoms with E-state index in [1.165, 1.54) is 12.1 Å². The smallest absolute Gasteiger partial charge is 0.260 e. The van der Waals surface area contributed by atoms with Crippen molar-refractivity contribution in [2.24, 2.45) is 0 Å². The maximum atomic E-state index is 13.4. The van der Waals surface area contributed by atoms with Crippen molar-refractivity contribution in [1.82, 2.24) is 9.80 Å². The van der Waals surface area contributed by atoms with Gasteiger partial charge in [0.25, 0.3) is 5.91 Å². The van der Waals surface area contributed by atoms with Gasteiger partial charge in [0.2, 0.25) is 0 Å². The van der Waals surface area contributed by atoms with Crippen LogP contribution >= 0.6 is 11.6 Å². The molecule has 0 saturated carbocycles. The van der Waals surface area contributed by atoms with Crippen molar-refractivity contribution < 1.29 is 18.7 Å². The maximum Gasteiger partial charge on any atom is 0.260 e. The van der Waals surface area contributed by atoms with Gasteiger partial charge in [0.15, 0.2) is 6.61 Å². The molecule has 0 unspecified atom stereocenters. The SMILES string of the molecule is C[C@H]1CN(Cc2ccc(F)cc2)[C@H](COCc2ccccc2)CN1C(=O)COc1ccc(Cl)cc1.